The predicted molar refractivity (Wildman–Crippen MR) is 77.7 cm³/mol. The summed E-state index contributed by atoms with van der Waals surface area (Å²) in [5, 5.41) is 12.6. The minimum absolute atomic E-state index is 0.0535. The van der Waals surface area contributed by atoms with Crippen LogP contribution in [-0.4, -0.2) is 11.0 Å². The Morgan fingerprint density at radius 1 is 1.42 bits per heavy atom. The van der Waals surface area contributed by atoms with E-state index >= 15 is 0 Å². The fraction of sp³-hybridized carbons (Fsp3) is 0.533. The van der Waals surface area contributed by atoms with E-state index in [9.17, 15) is 9.90 Å². The molecule has 0 aliphatic rings. The molecule has 0 aromatic heterocycles. The van der Waals surface area contributed by atoms with Gasteiger partial charge in [0.05, 0.1) is 0 Å². The van der Waals surface area contributed by atoms with Gasteiger partial charge in [0.1, 0.15) is 5.75 Å². The number of hydrogen-bond donors (Lipinski definition) is 3. The summed E-state index contributed by atoms with van der Waals surface area (Å²) in [5.74, 6) is 0.275. The van der Waals surface area contributed by atoms with Crippen LogP contribution in [-0.2, 0) is 11.3 Å². The van der Waals surface area contributed by atoms with Gasteiger partial charge in [-0.05, 0) is 31.0 Å². The summed E-state index contributed by atoms with van der Waals surface area (Å²) in [6.07, 6.45) is 3.92. The number of hydrogen-bond acceptors (Lipinski definition) is 3. The van der Waals surface area contributed by atoms with Crippen molar-refractivity contribution in [2.45, 2.75) is 46.1 Å². The van der Waals surface area contributed by atoms with Crippen LogP contribution in [0, 0.1) is 5.92 Å². The number of benzene rings is 1. The van der Waals surface area contributed by atoms with Crippen molar-refractivity contribution in [3.63, 3.8) is 0 Å². The van der Waals surface area contributed by atoms with Crippen molar-refractivity contribution in [3.8, 4) is 5.75 Å². The van der Waals surface area contributed by atoms with E-state index in [1.54, 1.807) is 18.2 Å². The Labute approximate surface area is 115 Å². The number of aromatic hydroxyl groups is 1. The minimum Gasteiger partial charge on any atom is -0.508 e. The van der Waals surface area contributed by atoms with Crippen molar-refractivity contribution < 1.29 is 9.90 Å². The van der Waals surface area contributed by atoms with Crippen LogP contribution in [0.5, 0.6) is 5.75 Å². The lowest BCUT2D eigenvalue weighted by atomic mass is 9.98. The SMILES string of the molecule is CCCCC(CC)C(=O)NCc1cc(N)ccc1O. The average molecular weight is 264 g/mol. The second-order valence-corrected chi connectivity index (χ2v) is 4.85. The maximum atomic E-state index is 12.0. The van der Waals surface area contributed by atoms with E-state index in [1.165, 1.54) is 0 Å². The lowest BCUT2D eigenvalue weighted by molar-refractivity contribution is -0.125. The third-order valence-corrected chi connectivity index (χ3v) is 3.33. The van der Waals surface area contributed by atoms with Crippen LogP contribution < -0.4 is 11.1 Å². The van der Waals surface area contributed by atoms with E-state index in [0.717, 1.165) is 25.7 Å². The van der Waals surface area contributed by atoms with Gasteiger partial charge in [0.2, 0.25) is 5.91 Å². The van der Waals surface area contributed by atoms with Crippen LogP contribution in [0.15, 0.2) is 18.2 Å². The van der Waals surface area contributed by atoms with E-state index in [1.807, 2.05) is 6.92 Å². The van der Waals surface area contributed by atoms with Crippen molar-refractivity contribution in [1.82, 2.24) is 5.32 Å². The van der Waals surface area contributed by atoms with Crippen LogP contribution >= 0.6 is 0 Å². The van der Waals surface area contributed by atoms with E-state index in [2.05, 4.69) is 12.2 Å². The summed E-state index contributed by atoms with van der Waals surface area (Å²) in [7, 11) is 0. The number of nitrogens with two attached hydrogens (primary N) is 1. The van der Waals surface area contributed by atoms with Gasteiger partial charge < -0.3 is 16.2 Å². The molecule has 1 aromatic carbocycles. The average Bonchev–Trinajstić information content (AvgIpc) is 2.40. The number of carbonyl (C=O) groups is 1. The molecule has 0 bridgehead atoms. The highest BCUT2D eigenvalue weighted by molar-refractivity contribution is 5.78. The number of amides is 1. The van der Waals surface area contributed by atoms with Crippen LogP contribution in [0.3, 0.4) is 0 Å². The molecule has 0 aliphatic heterocycles. The number of anilines is 1. The number of unbranched alkanes of at least 4 members (excludes halogenated alkanes) is 1. The third-order valence-electron chi connectivity index (χ3n) is 3.33. The molecule has 1 amide bonds. The van der Waals surface area contributed by atoms with E-state index in [4.69, 9.17) is 5.73 Å². The Balaban J connectivity index is 2.55. The number of nitrogen functional groups attached to an aromatic ring is 1. The molecule has 0 saturated carbocycles. The molecule has 1 rings (SSSR count). The second-order valence-electron chi connectivity index (χ2n) is 4.85. The molecule has 0 fully saturated rings. The molecule has 1 unspecified atom stereocenters. The zero-order valence-corrected chi connectivity index (χ0v) is 11.8. The standard InChI is InChI=1S/C15H24N2O2/c1-3-5-6-11(4-2)15(19)17-10-12-9-13(16)7-8-14(12)18/h7-9,11,18H,3-6,10,16H2,1-2H3,(H,17,19). The Morgan fingerprint density at radius 3 is 2.79 bits per heavy atom. The molecule has 0 radical (unpaired) electrons. The number of phenolic OH excluding ortho intramolecular Hbond substituents is 1. The molecule has 4 heteroatoms. The van der Waals surface area contributed by atoms with Crippen LogP contribution in [0.2, 0.25) is 0 Å². The molecule has 4 N–H and O–H groups in total. The fourth-order valence-electron chi connectivity index (χ4n) is 2.04. The van der Waals surface area contributed by atoms with Gasteiger partial charge in [0, 0.05) is 23.7 Å². The molecule has 0 heterocycles. The first-order chi connectivity index (χ1) is 9.08. The number of rotatable bonds is 7. The Bertz CT molecular complexity index is 419. The van der Waals surface area contributed by atoms with Crippen molar-refractivity contribution in [3.05, 3.63) is 23.8 Å². The van der Waals surface area contributed by atoms with Gasteiger partial charge in [-0.1, -0.05) is 26.7 Å². The maximum Gasteiger partial charge on any atom is 0.223 e. The summed E-state index contributed by atoms with van der Waals surface area (Å²) in [6.45, 7) is 4.46. The van der Waals surface area contributed by atoms with Gasteiger partial charge in [0.15, 0.2) is 0 Å². The summed E-state index contributed by atoms with van der Waals surface area (Å²) >= 11 is 0. The summed E-state index contributed by atoms with van der Waals surface area (Å²) in [6, 6.07) is 4.87. The number of nitrogens with one attached hydrogen (secondary N) is 1. The normalized spacial score (nSPS) is 12.1. The summed E-state index contributed by atoms with van der Waals surface area (Å²) < 4.78 is 0. The zero-order chi connectivity index (χ0) is 14.3. The molecule has 4 nitrogen and oxygen atoms in total. The first-order valence-corrected chi connectivity index (χ1v) is 6.93. The van der Waals surface area contributed by atoms with Crippen LogP contribution in [0.1, 0.15) is 45.1 Å². The minimum atomic E-state index is 0.0535. The quantitative estimate of drug-likeness (QED) is 0.523. The summed E-state index contributed by atoms with van der Waals surface area (Å²) in [5.41, 5.74) is 6.90. The van der Waals surface area contributed by atoms with Crippen LogP contribution in [0.25, 0.3) is 0 Å². The van der Waals surface area contributed by atoms with Gasteiger partial charge in [0.25, 0.3) is 0 Å². The third kappa shape index (κ3) is 4.81. The zero-order valence-electron chi connectivity index (χ0n) is 11.8. The van der Waals surface area contributed by atoms with E-state index < -0.39 is 0 Å². The Morgan fingerprint density at radius 2 is 2.16 bits per heavy atom. The predicted octanol–water partition coefficient (Wildman–Crippen LogP) is 2.81. The Kier molecular flexibility index (Phi) is 6.19. The maximum absolute atomic E-state index is 12.0. The smallest absolute Gasteiger partial charge is 0.223 e. The second kappa shape index (κ2) is 7.67. The van der Waals surface area contributed by atoms with Gasteiger partial charge in [-0.25, -0.2) is 0 Å². The lowest BCUT2D eigenvalue weighted by Crippen LogP contribution is -2.30. The highest BCUT2D eigenvalue weighted by atomic mass is 16.3. The van der Waals surface area contributed by atoms with E-state index in [0.29, 0.717) is 17.8 Å². The molecule has 1 aromatic rings. The highest BCUT2D eigenvalue weighted by Crippen LogP contribution is 2.20. The molecule has 0 spiro atoms. The topological polar surface area (TPSA) is 75.4 Å². The lowest BCUT2D eigenvalue weighted by Gasteiger charge is -2.15. The first-order valence-electron chi connectivity index (χ1n) is 6.93. The van der Waals surface area contributed by atoms with Gasteiger partial charge in [-0.3, -0.25) is 4.79 Å². The largest absolute Gasteiger partial charge is 0.508 e. The van der Waals surface area contributed by atoms with E-state index in [-0.39, 0.29) is 17.6 Å². The van der Waals surface area contributed by atoms with Crippen LogP contribution in [0.4, 0.5) is 5.69 Å². The summed E-state index contributed by atoms with van der Waals surface area (Å²) in [4.78, 5) is 12.0. The van der Waals surface area contributed by atoms with Crippen molar-refractivity contribution in [2.75, 3.05) is 5.73 Å². The first kappa shape index (κ1) is 15.3. The Hall–Kier alpha value is -1.71. The molecule has 19 heavy (non-hydrogen) atoms. The van der Waals surface area contributed by atoms with Crippen molar-refractivity contribution in [2.24, 2.45) is 5.92 Å². The molecular formula is C15H24N2O2. The molecule has 1 atom stereocenters. The highest BCUT2D eigenvalue weighted by Gasteiger charge is 2.15. The molecule has 106 valence electrons. The monoisotopic (exact) mass is 264 g/mol. The number of carbonyl (C=O) groups excluding carboxylic acids is 1. The van der Waals surface area contributed by atoms with Gasteiger partial charge in [-0.2, -0.15) is 0 Å². The van der Waals surface area contributed by atoms with Crippen molar-refractivity contribution >= 4 is 11.6 Å². The van der Waals surface area contributed by atoms with Gasteiger partial charge >= 0.3 is 0 Å². The molecular weight excluding hydrogens is 240 g/mol. The number of phenols is 1. The molecule has 0 aliphatic carbocycles. The fourth-order valence-corrected chi connectivity index (χ4v) is 2.04. The van der Waals surface area contributed by atoms with Gasteiger partial charge in [-0.15, -0.1) is 0 Å². The van der Waals surface area contributed by atoms with Crippen molar-refractivity contribution in [1.29, 1.82) is 0 Å². The molecule has 0 saturated heterocycles.